The number of aldehydes is 1. The molecule has 0 aliphatic heterocycles. The molecule has 1 aromatic carbocycles. The molecular formula is C11H6Cl3NO. The van der Waals surface area contributed by atoms with Crippen LogP contribution in [0.4, 0.5) is 0 Å². The van der Waals surface area contributed by atoms with Gasteiger partial charge in [-0.05, 0) is 23.8 Å². The van der Waals surface area contributed by atoms with Crippen LogP contribution in [0.15, 0.2) is 18.2 Å². The van der Waals surface area contributed by atoms with Gasteiger partial charge in [0.05, 0.1) is 17.6 Å². The van der Waals surface area contributed by atoms with E-state index in [-0.39, 0.29) is 5.92 Å². The molecule has 16 heavy (non-hydrogen) atoms. The molecule has 0 amide bonds. The highest BCUT2D eigenvalue weighted by Crippen LogP contribution is 2.64. The summed E-state index contributed by atoms with van der Waals surface area (Å²) in [5.74, 6) is -0.708. The Balaban J connectivity index is 2.40. The molecule has 0 heterocycles. The molecule has 2 nitrogen and oxygen atoms in total. The first-order chi connectivity index (χ1) is 7.50. The van der Waals surface area contributed by atoms with Crippen LogP contribution < -0.4 is 0 Å². The van der Waals surface area contributed by atoms with Crippen LogP contribution in [0, 0.1) is 17.2 Å². The number of hydrogen-bond donors (Lipinski definition) is 0. The summed E-state index contributed by atoms with van der Waals surface area (Å²) in [6.07, 6.45) is 0.734. The van der Waals surface area contributed by atoms with Gasteiger partial charge in [-0.15, -0.1) is 23.2 Å². The minimum atomic E-state index is -1.07. The van der Waals surface area contributed by atoms with E-state index in [1.54, 1.807) is 18.2 Å². The maximum absolute atomic E-state index is 10.7. The van der Waals surface area contributed by atoms with Crippen LogP contribution in [-0.2, 0) is 4.79 Å². The molecule has 1 aliphatic rings. The summed E-state index contributed by atoms with van der Waals surface area (Å²) in [4.78, 5) is 10.7. The highest BCUT2D eigenvalue weighted by Gasteiger charge is 2.64. The smallest absolute Gasteiger partial charge is 0.136 e. The van der Waals surface area contributed by atoms with Gasteiger partial charge in [-0.25, -0.2) is 0 Å². The normalized spacial score (nSPS) is 25.9. The van der Waals surface area contributed by atoms with Gasteiger partial charge in [-0.1, -0.05) is 11.6 Å². The molecule has 0 saturated heterocycles. The topological polar surface area (TPSA) is 40.9 Å². The average molecular weight is 275 g/mol. The minimum absolute atomic E-state index is 0.279. The summed E-state index contributed by atoms with van der Waals surface area (Å²) in [5, 5.41) is 9.24. The van der Waals surface area contributed by atoms with Crippen molar-refractivity contribution >= 4 is 41.1 Å². The van der Waals surface area contributed by atoms with Crippen molar-refractivity contribution in [3.8, 4) is 6.07 Å². The van der Waals surface area contributed by atoms with Crippen LogP contribution in [0.25, 0.3) is 0 Å². The zero-order valence-electron chi connectivity index (χ0n) is 7.95. The van der Waals surface area contributed by atoms with Gasteiger partial charge >= 0.3 is 0 Å². The number of carbonyl (C=O) groups excluding carboxylic acids is 1. The van der Waals surface area contributed by atoms with E-state index in [0.29, 0.717) is 10.6 Å². The van der Waals surface area contributed by atoms with Crippen molar-refractivity contribution in [2.75, 3.05) is 0 Å². The third-order valence-corrected chi connectivity index (χ3v) is 3.86. The van der Waals surface area contributed by atoms with E-state index in [0.717, 1.165) is 11.8 Å². The number of carbonyl (C=O) groups is 1. The lowest BCUT2D eigenvalue weighted by atomic mass is 10.1. The molecule has 2 rings (SSSR count). The second-order valence-corrected chi connectivity index (χ2v) is 5.58. The van der Waals surface area contributed by atoms with Gasteiger partial charge in [0.2, 0.25) is 0 Å². The van der Waals surface area contributed by atoms with Crippen molar-refractivity contribution in [2.24, 2.45) is 5.92 Å². The van der Waals surface area contributed by atoms with Crippen LogP contribution in [0.1, 0.15) is 17.0 Å². The zero-order chi connectivity index (χ0) is 11.9. The lowest BCUT2D eigenvalue weighted by molar-refractivity contribution is -0.108. The number of nitriles is 1. The monoisotopic (exact) mass is 273 g/mol. The van der Waals surface area contributed by atoms with Gasteiger partial charge in [-0.2, -0.15) is 5.26 Å². The Hall–Kier alpha value is -0.750. The number of benzene rings is 1. The second-order valence-electron chi connectivity index (χ2n) is 3.70. The molecule has 1 aromatic rings. The van der Waals surface area contributed by atoms with E-state index >= 15 is 0 Å². The average Bonchev–Trinajstić information content (AvgIpc) is 2.79. The van der Waals surface area contributed by atoms with Crippen molar-refractivity contribution in [1.82, 2.24) is 0 Å². The first-order valence-electron chi connectivity index (χ1n) is 4.54. The minimum Gasteiger partial charge on any atom is -0.303 e. The SMILES string of the molecule is N#Cc1cc(Cl)cc([C@@H]2[C@@H](C=O)C2(Cl)Cl)c1. The summed E-state index contributed by atoms with van der Waals surface area (Å²) in [5.41, 5.74) is 1.16. The lowest BCUT2D eigenvalue weighted by Crippen LogP contribution is -1.91. The van der Waals surface area contributed by atoms with Crippen LogP contribution >= 0.6 is 34.8 Å². The van der Waals surface area contributed by atoms with E-state index in [1.807, 2.05) is 6.07 Å². The molecule has 2 atom stereocenters. The van der Waals surface area contributed by atoms with Gasteiger partial charge in [0.1, 0.15) is 10.6 Å². The maximum Gasteiger partial charge on any atom is 0.136 e. The molecule has 1 saturated carbocycles. The molecule has 5 heteroatoms. The Kier molecular flexibility index (Phi) is 2.88. The van der Waals surface area contributed by atoms with Gasteiger partial charge in [-0.3, -0.25) is 0 Å². The van der Waals surface area contributed by atoms with E-state index in [1.165, 1.54) is 0 Å². The Morgan fingerprint density at radius 1 is 1.38 bits per heavy atom. The Morgan fingerprint density at radius 2 is 2.06 bits per heavy atom. The predicted octanol–water partition coefficient (Wildman–Crippen LogP) is 3.30. The largest absolute Gasteiger partial charge is 0.303 e. The van der Waals surface area contributed by atoms with E-state index < -0.39 is 10.3 Å². The number of rotatable bonds is 2. The van der Waals surface area contributed by atoms with Crippen molar-refractivity contribution in [1.29, 1.82) is 5.26 Å². The molecular weight excluding hydrogens is 268 g/mol. The van der Waals surface area contributed by atoms with Crippen LogP contribution in [-0.4, -0.2) is 10.6 Å². The maximum atomic E-state index is 10.7. The molecule has 1 fully saturated rings. The van der Waals surface area contributed by atoms with Crippen LogP contribution in [0.3, 0.4) is 0 Å². The quantitative estimate of drug-likeness (QED) is 0.613. The molecule has 82 valence electrons. The fourth-order valence-corrected chi connectivity index (χ4v) is 2.80. The highest BCUT2D eigenvalue weighted by molar-refractivity contribution is 6.53. The predicted molar refractivity (Wildman–Crippen MR) is 62.9 cm³/mol. The second kappa shape index (κ2) is 3.92. The van der Waals surface area contributed by atoms with Crippen molar-refractivity contribution in [3.63, 3.8) is 0 Å². The zero-order valence-corrected chi connectivity index (χ0v) is 10.2. The van der Waals surface area contributed by atoms with Gasteiger partial charge in [0.25, 0.3) is 0 Å². The van der Waals surface area contributed by atoms with Crippen LogP contribution in [0.2, 0.25) is 5.02 Å². The van der Waals surface area contributed by atoms with E-state index in [9.17, 15) is 4.79 Å². The third kappa shape index (κ3) is 1.80. The highest BCUT2D eigenvalue weighted by atomic mass is 35.5. The van der Waals surface area contributed by atoms with Crippen LogP contribution in [0.5, 0.6) is 0 Å². The molecule has 0 N–H and O–H groups in total. The molecule has 0 aromatic heterocycles. The first kappa shape index (κ1) is 11.7. The van der Waals surface area contributed by atoms with Gasteiger partial charge in [0.15, 0.2) is 0 Å². The lowest BCUT2D eigenvalue weighted by Gasteiger charge is -2.02. The summed E-state index contributed by atoms with van der Waals surface area (Å²) in [6.45, 7) is 0. The van der Waals surface area contributed by atoms with E-state index in [4.69, 9.17) is 40.1 Å². The molecule has 0 bridgehead atoms. The van der Waals surface area contributed by atoms with Crippen molar-refractivity contribution < 1.29 is 4.79 Å². The third-order valence-electron chi connectivity index (χ3n) is 2.66. The first-order valence-corrected chi connectivity index (χ1v) is 5.67. The summed E-state index contributed by atoms with van der Waals surface area (Å²) < 4.78 is -1.07. The summed E-state index contributed by atoms with van der Waals surface area (Å²) >= 11 is 17.8. The summed E-state index contributed by atoms with van der Waals surface area (Å²) in [6, 6.07) is 6.87. The number of halogens is 3. The van der Waals surface area contributed by atoms with E-state index in [2.05, 4.69) is 0 Å². The number of nitrogens with zero attached hydrogens (tertiary/aromatic N) is 1. The molecule has 0 radical (unpaired) electrons. The fourth-order valence-electron chi connectivity index (χ4n) is 1.81. The summed E-state index contributed by atoms with van der Waals surface area (Å²) in [7, 11) is 0. The molecule has 0 spiro atoms. The van der Waals surface area contributed by atoms with Gasteiger partial charge in [0, 0.05) is 10.9 Å². The van der Waals surface area contributed by atoms with Crippen molar-refractivity contribution in [3.05, 3.63) is 34.3 Å². The molecule has 1 aliphatic carbocycles. The number of alkyl halides is 2. The Bertz CT molecular complexity index is 492. The Labute approximate surface area is 108 Å². The standard InChI is InChI=1S/C11H6Cl3NO/c12-8-2-6(4-15)1-7(3-8)10-9(5-16)11(10,13)14/h1-3,5,9-10H/t9-,10-/m1/s1. The Morgan fingerprint density at radius 3 is 2.56 bits per heavy atom. The molecule has 0 unspecified atom stereocenters. The van der Waals surface area contributed by atoms with Gasteiger partial charge < -0.3 is 4.79 Å². The fraction of sp³-hybridized carbons (Fsp3) is 0.273. The number of hydrogen-bond acceptors (Lipinski definition) is 2. The van der Waals surface area contributed by atoms with Crippen molar-refractivity contribution in [2.45, 2.75) is 10.3 Å².